The number of imidazole rings is 1. The molecule has 3 heterocycles. The van der Waals surface area contributed by atoms with Crippen LogP contribution < -0.4 is 10.5 Å². The molecule has 0 fully saturated rings. The highest BCUT2D eigenvalue weighted by Crippen LogP contribution is 2.37. The van der Waals surface area contributed by atoms with Gasteiger partial charge in [0, 0.05) is 33.3 Å². The van der Waals surface area contributed by atoms with Gasteiger partial charge < -0.3 is 0 Å². The summed E-state index contributed by atoms with van der Waals surface area (Å²) < 4.78 is 2.24. The number of aromatic nitrogens is 4. The normalized spacial score (nSPS) is 13.2. The van der Waals surface area contributed by atoms with E-state index in [0.717, 1.165) is 50.8 Å². The standard InChI is InChI=1S/C37H28N4Si/c1-42(2)32-23-12-9-20-29(32)33-34(25-14-5-3-6-15-25)39-35(40-37(33)42)26-16-13-17-27(24-26)36-38-30-21-10-11-22-31(30)41(36)28-18-7-4-8-19-28/h3-24H,1-2H3. The molecule has 0 atom stereocenters. The minimum atomic E-state index is -2.03. The lowest BCUT2D eigenvalue weighted by molar-refractivity contribution is 1.10. The van der Waals surface area contributed by atoms with E-state index in [1.54, 1.807) is 0 Å². The van der Waals surface area contributed by atoms with Gasteiger partial charge in [0.2, 0.25) is 0 Å². The van der Waals surface area contributed by atoms with Gasteiger partial charge in [0.25, 0.3) is 0 Å². The van der Waals surface area contributed by atoms with Crippen LogP contribution in [0.4, 0.5) is 0 Å². The highest BCUT2D eigenvalue weighted by atomic mass is 28.3. The summed E-state index contributed by atoms with van der Waals surface area (Å²) in [5.41, 5.74) is 9.72. The third kappa shape index (κ3) is 3.78. The molecule has 42 heavy (non-hydrogen) atoms. The van der Waals surface area contributed by atoms with Crippen molar-refractivity contribution in [2.45, 2.75) is 13.1 Å². The lowest BCUT2D eigenvalue weighted by atomic mass is 10.0. The molecule has 2 aromatic heterocycles. The first-order valence-corrected chi connectivity index (χ1v) is 17.3. The van der Waals surface area contributed by atoms with Crippen LogP contribution >= 0.6 is 0 Å². The van der Waals surface area contributed by atoms with Crippen molar-refractivity contribution in [1.82, 2.24) is 19.5 Å². The summed E-state index contributed by atoms with van der Waals surface area (Å²) in [5.74, 6) is 1.65. The van der Waals surface area contributed by atoms with E-state index in [-0.39, 0.29) is 0 Å². The summed E-state index contributed by atoms with van der Waals surface area (Å²) in [7, 11) is -2.03. The van der Waals surface area contributed by atoms with Gasteiger partial charge in [0.05, 0.1) is 16.7 Å². The molecule has 0 radical (unpaired) electrons. The van der Waals surface area contributed by atoms with Crippen molar-refractivity contribution in [3.8, 4) is 50.8 Å². The summed E-state index contributed by atoms with van der Waals surface area (Å²) in [6, 6.07) is 46.6. The first-order valence-electron chi connectivity index (χ1n) is 14.3. The molecule has 200 valence electrons. The summed E-state index contributed by atoms with van der Waals surface area (Å²) in [5, 5.41) is 2.63. The van der Waals surface area contributed by atoms with Crippen molar-refractivity contribution < 1.29 is 0 Å². The van der Waals surface area contributed by atoms with Gasteiger partial charge >= 0.3 is 0 Å². The Hall–Kier alpha value is -5.13. The quantitative estimate of drug-likeness (QED) is 0.210. The van der Waals surface area contributed by atoms with E-state index in [1.807, 2.05) is 12.1 Å². The fraction of sp³-hybridized carbons (Fsp3) is 0.0541. The maximum absolute atomic E-state index is 5.36. The Morgan fingerprint density at radius 3 is 2.07 bits per heavy atom. The third-order valence-corrected chi connectivity index (χ3v) is 11.7. The first kappa shape index (κ1) is 24.6. The molecule has 0 amide bonds. The van der Waals surface area contributed by atoms with Crippen LogP contribution in [0.3, 0.4) is 0 Å². The Morgan fingerprint density at radius 1 is 0.571 bits per heavy atom. The minimum absolute atomic E-state index is 0.755. The minimum Gasteiger partial charge on any atom is -0.292 e. The van der Waals surface area contributed by atoms with Gasteiger partial charge in [-0.1, -0.05) is 116 Å². The predicted molar refractivity (Wildman–Crippen MR) is 175 cm³/mol. The van der Waals surface area contributed by atoms with Crippen LogP contribution in [-0.4, -0.2) is 27.6 Å². The van der Waals surface area contributed by atoms with Crippen LogP contribution in [0.5, 0.6) is 0 Å². The molecular formula is C37H28N4Si. The Morgan fingerprint density at radius 2 is 1.24 bits per heavy atom. The average Bonchev–Trinajstić information content (AvgIpc) is 3.55. The van der Waals surface area contributed by atoms with Gasteiger partial charge in [-0.2, -0.15) is 0 Å². The summed E-state index contributed by atoms with van der Waals surface area (Å²) in [4.78, 5) is 15.7. The Balaban J connectivity index is 1.35. The van der Waals surface area contributed by atoms with Crippen LogP contribution in [0, 0.1) is 0 Å². The Kier molecular flexibility index (Phi) is 5.56. The summed E-state index contributed by atoms with van der Waals surface area (Å²) in [6.45, 7) is 4.81. The molecule has 0 N–H and O–H groups in total. The van der Waals surface area contributed by atoms with Crippen molar-refractivity contribution in [2.24, 2.45) is 0 Å². The van der Waals surface area contributed by atoms with E-state index < -0.39 is 8.07 Å². The SMILES string of the molecule is C[Si]1(C)c2ccccc2-c2c(-c3ccccc3)nc(-c3cccc(-c4nc5ccccc5n4-c4ccccc4)c3)nc21. The van der Waals surface area contributed by atoms with E-state index in [1.165, 1.54) is 21.6 Å². The highest BCUT2D eigenvalue weighted by molar-refractivity contribution is 7.03. The second-order valence-electron chi connectivity index (χ2n) is 11.3. The van der Waals surface area contributed by atoms with Crippen molar-refractivity contribution in [3.05, 3.63) is 133 Å². The molecule has 0 saturated heterocycles. The fourth-order valence-corrected chi connectivity index (χ4v) is 9.24. The lowest BCUT2D eigenvalue weighted by Gasteiger charge is -2.19. The Labute approximate surface area is 246 Å². The summed E-state index contributed by atoms with van der Waals surface area (Å²) >= 11 is 0. The van der Waals surface area contributed by atoms with Gasteiger partial charge in [-0.3, -0.25) is 4.57 Å². The second-order valence-corrected chi connectivity index (χ2v) is 15.6. The number of rotatable bonds is 4. The van der Waals surface area contributed by atoms with E-state index in [0.29, 0.717) is 0 Å². The molecule has 5 aromatic carbocycles. The zero-order chi connectivity index (χ0) is 28.3. The zero-order valence-electron chi connectivity index (χ0n) is 23.5. The van der Waals surface area contributed by atoms with Gasteiger partial charge in [0.1, 0.15) is 13.9 Å². The molecule has 0 spiro atoms. The van der Waals surface area contributed by atoms with Crippen molar-refractivity contribution in [1.29, 1.82) is 0 Å². The van der Waals surface area contributed by atoms with Gasteiger partial charge in [-0.25, -0.2) is 15.0 Å². The second kappa shape index (κ2) is 9.47. The first-order chi connectivity index (χ1) is 20.6. The third-order valence-electron chi connectivity index (χ3n) is 8.37. The Bertz CT molecular complexity index is 2110. The van der Waals surface area contributed by atoms with Crippen molar-refractivity contribution >= 4 is 29.6 Å². The maximum atomic E-state index is 5.36. The summed E-state index contributed by atoms with van der Waals surface area (Å²) in [6.07, 6.45) is 0. The number of hydrogen-bond acceptors (Lipinski definition) is 3. The van der Waals surface area contributed by atoms with Crippen molar-refractivity contribution in [2.75, 3.05) is 0 Å². The molecule has 1 aliphatic rings. The van der Waals surface area contributed by atoms with E-state index in [4.69, 9.17) is 15.0 Å². The van der Waals surface area contributed by atoms with E-state index in [9.17, 15) is 0 Å². The number of nitrogens with zero attached hydrogens (tertiary/aromatic N) is 4. The fourth-order valence-electron chi connectivity index (χ4n) is 6.33. The van der Waals surface area contributed by atoms with Gasteiger partial charge in [-0.15, -0.1) is 0 Å². The molecular weight excluding hydrogens is 529 g/mol. The van der Waals surface area contributed by atoms with Crippen LogP contribution in [0.1, 0.15) is 0 Å². The van der Waals surface area contributed by atoms with E-state index in [2.05, 4.69) is 139 Å². The van der Waals surface area contributed by atoms with Crippen LogP contribution in [0.15, 0.2) is 133 Å². The lowest BCUT2D eigenvalue weighted by Crippen LogP contribution is -2.50. The molecule has 1 aliphatic heterocycles. The smallest absolute Gasteiger partial charge is 0.159 e. The van der Waals surface area contributed by atoms with Crippen LogP contribution in [-0.2, 0) is 0 Å². The highest BCUT2D eigenvalue weighted by Gasteiger charge is 2.41. The predicted octanol–water partition coefficient (Wildman–Crippen LogP) is 7.62. The largest absolute Gasteiger partial charge is 0.292 e. The van der Waals surface area contributed by atoms with Crippen molar-refractivity contribution in [3.63, 3.8) is 0 Å². The number of fused-ring (bicyclic) bond motifs is 4. The van der Waals surface area contributed by atoms with Gasteiger partial charge in [-0.05, 0) is 41.1 Å². The molecule has 4 nitrogen and oxygen atoms in total. The van der Waals surface area contributed by atoms with Crippen LogP contribution in [0.2, 0.25) is 13.1 Å². The number of hydrogen-bond donors (Lipinski definition) is 0. The van der Waals surface area contributed by atoms with Crippen LogP contribution in [0.25, 0.3) is 61.9 Å². The number of benzene rings is 5. The molecule has 7 aromatic rings. The van der Waals surface area contributed by atoms with E-state index >= 15 is 0 Å². The molecule has 0 bridgehead atoms. The zero-order valence-corrected chi connectivity index (χ0v) is 24.5. The molecule has 0 saturated carbocycles. The van der Waals surface area contributed by atoms with Gasteiger partial charge in [0.15, 0.2) is 5.82 Å². The average molecular weight is 557 g/mol. The molecule has 0 unspecified atom stereocenters. The number of para-hydroxylation sites is 3. The maximum Gasteiger partial charge on any atom is 0.159 e. The molecule has 0 aliphatic carbocycles. The topological polar surface area (TPSA) is 43.6 Å². The monoisotopic (exact) mass is 556 g/mol. The molecule has 5 heteroatoms. The molecule has 8 rings (SSSR count).